The molecule has 1 aliphatic heterocycles. The number of fused-ring (bicyclic) bond motifs is 1. The van der Waals surface area contributed by atoms with Crippen LogP contribution in [0.1, 0.15) is 67.7 Å². The fraction of sp³-hybridized carbons (Fsp3) is 0.519. The molecule has 2 unspecified atom stereocenters. The zero-order valence-corrected chi connectivity index (χ0v) is 23.0. The first-order valence-corrected chi connectivity index (χ1v) is 13.6. The van der Waals surface area contributed by atoms with Crippen LogP contribution in [-0.4, -0.2) is 25.7 Å². The predicted octanol–water partition coefficient (Wildman–Crippen LogP) is 6.35. The van der Waals surface area contributed by atoms with Crippen molar-refractivity contribution in [1.29, 1.82) is 0 Å². The van der Waals surface area contributed by atoms with Crippen LogP contribution in [0.2, 0.25) is 0 Å². The molecule has 0 saturated carbocycles. The zero-order valence-electron chi connectivity index (χ0n) is 22.2. The molecule has 0 fully saturated rings. The van der Waals surface area contributed by atoms with Crippen LogP contribution >= 0.6 is 0 Å². The SMILES string of the molecule is CC(CC(C)(C)C)CC1(CC(=O)OC(C)(C)C)Nc2ccc(NS(=O)(=O)c3ccc(F)cc3)cc2N1. The van der Waals surface area contributed by atoms with E-state index < -0.39 is 27.1 Å². The normalized spacial score (nSPS) is 18.6. The molecule has 1 aliphatic rings. The number of carbonyl (C=O) groups is 1. The molecule has 2 aromatic rings. The summed E-state index contributed by atoms with van der Waals surface area (Å²) in [6.45, 7) is 14.2. The van der Waals surface area contributed by atoms with Crippen molar-refractivity contribution in [3.05, 3.63) is 48.3 Å². The highest BCUT2D eigenvalue weighted by Crippen LogP contribution is 2.42. The van der Waals surface area contributed by atoms with E-state index in [2.05, 4.69) is 43.1 Å². The van der Waals surface area contributed by atoms with Crippen LogP contribution in [0.25, 0.3) is 0 Å². The number of benzene rings is 2. The van der Waals surface area contributed by atoms with Gasteiger partial charge in [0.2, 0.25) is 0 Å². The lowest BCUT2D eigenvalue weighted by atomic mass is 9.81. The first kappa shape index (κ1) is 27.8. The Kier molecular flexibility index (Phi) is 7.65. The molecule has 0 bridgehead atoms. The van der Waals surface area contributed by atoms with Crippen molar-refractivity contribution in [2.45, 2.75) is 83.9 Å². The molecule has 3 N–H and O–H groups in total. The van der Waals surface area contributed by atoms with Gasteiger partial charge in [-0.05, 0) is 87.4 Å². The Morgan fingerprint density at radius 3 is 2.22 bits per heavy atom. The molecule has 0 saturated heterocycles. The van der Waals surface area contributed by atoms with E-state index in [-0.39, 0.29) is 28.6 Å². The maximum Gasteiger partial charge on any atom is 0.310 e. The molecule has 2 aromatic carbocycles. The summed E-state index contributed by atoms with van der Waals surface area (Å²) in [5, 5.41) is 6.94. The summed E-state index contributed by atoms with van der Waals surface area (Å²) < 4.78 is 46.9. The quantitative estimate of drug-likeness (QED) is 0.352. The number of nitrogens with one attached hydrogen (secondary N) is 3. The largest absolute Gasteiger partial charge is 0.460 e. The Labute approximate surface area is 214 Å². The molecule has 9 heteroatoms. The maximum absolute atomic E-state index is 13.2. The average molecular weight is 520 g/mol. The lowest BCUT2D eigenvalue weighted by Crippen LogP contribution is -2.46. The Morgan fingerprint density at radius 2 is 1.64 bits per heavy atom. The molecule has 0 radical (unpaired) electrons. The first-order valence-electron chi connectivity index (χ1n) is 12.2. The van der Waals surface area contributed by atoms with Gasteiger partial charge in [0.25, 0.3) is 10.0 Å². The summed E-state index contributed by atoms with van der Waals surface area (Å²) in [4.78, 5) is 12.8. The van der Waals surface area contributed by atoms with Gasteiger partial charge < -0.3 is 15.4 Å². The summed E-state index contributed by atoms with van der Waals surface area (Å²) in [7, 11) is -3.89. The Balaban J connectivity index is 1.84. The van der Waals surface area contributed by atoms with E-state index in [0.717, 1.165) is 24.2 Å². The lowest BCUT2D eigenvalue weighted by molar-refractivity contribution is -0.155. The minimum Gasteiger partial charge on any atom is -0.460 e. The topological polar surface area (TPSA) is 96.5 Å². The van der Waals surface area contributed by atoms with Gasteiger partial charge in [0.1, 0.15) is 17.1 Å². The highest BCUT2D eigenvalue weighted by Gasteiger charge is 2.41. The van der Waals surface area contributed by atoms with E-state index in [9.17, 15) is 17.6 Å². The third-order valence-electron chi connectivity index (χ3n) is 5.67. The van der Waals surface area contributed by atoms with Crippen LogP contribution < -0.4 is 15.4 Å². The number of hydrogen-bond acceptors (Lipinski definition) is 6. The van der Waals surface area contributed by atoms with Gasteiger partial charge >= 0.3 is 5.97 Å². The van der Waals surface area contributed by atoms with Crippen LogP contribution in [0.5, 0.6) is 0 Å². The second kappa shape index (κ2) is 9.92. The number of esters is 1. The summed E-state index contributed by atoms with van der Waals surface area (Å²) >= 11 is 0. The minimum absolute atomic E-state index is 0.0363. The van der Waals surface area contributed by atoms with Crippen molar-refractivity contribution in [3.8, 4) is 0 Å². The number of ether oxygens (including phenoxy) is 1. The van der Waals surface area contributed by atoms with Crippen LogP contribution in [0, 0.1) is 17.2 Å². The maximum atomic E-state index is 13.2. The van der Waals surface area contributed by atoms with Gasteiger partial charge in [-0.1, -0.05) is 27.7 Å². The lowest BCUT2D eigenvalue weighted by Gasteiger charge is -2.35. The number of halogens is 1. The zero-order chi connectivity index (χ0) is 26.9. The monoisotopic (exact) mass is 519 g/mol. The van der Waals surface area contributed by atoms with Crippen LogP contribution in [0.3, 0.4) is 0 Å². The van der Waals surface area contributed by atoms with Crippen molar-refractivity contribution in [2.24, 2.45) is 11.3 Å². The predicted molar refractivity (Wildman–Crippen MR) is 142 cm³/mol. The van der Waals surface area contributed by atoms with Crippen LogP contribution in [-0.2, 0) is 19.6 Å². The van der Waals surface area contributed by atoms with Gasteiger partial charge in [-0.15, -0.1) is 0 Å². The molecule has 0 spiro atoms. The molecule has 7 nitrogen and oxygen atoms in total. The number of rotatable bonds is 8. The Bertz CT molecular complexity index is 1200. The number of sulfonamides is 1. The highest BCUT2D eigenvalue weighted by molar-refractivity contribution is 7.92. The van der Waals surface area contributed by atoms with Gasteiger partial charge in [-0.25, -0.2) is 12.8 Å². The third-order valence-corrected chi connectivity index (χ3v) is 7.06. The van der Waals surface area contributed by atoms with E-state index in [1.807, 2.05) is 20.8 Å². The van der Waals surface area contributed by atoms with E-state index in [1.54, 1.807) is 18.2 Å². The fourth-order valence-corrected chi connectivity index (χ4v) is 5.84. The molecule has 0 aliphatic carbocycles. The van der Waals surface area contributed by atoms with Crippen LogP contribution in [0.4, 0.5) is 21.5 Å². The van der Waals surface area contributed by atoms with Crippen LogP contribution in [0.15, 0.2) is 47.4 Å². The van der Waals surface area contributed by atoms with Gasteiger partial charge in [0, 0.05) is 0 Å². The molecule has 2 atom stereocenters. The van der Waals surface area contributed by atoms with E-state index in [1.165, 1.54) is 12.1 Å². The van der Waals surface area contributed by atoms with E-state index in [4.69, 9.17) is 4.74 Å². The third kappa shape index (κ3) is 7.59. The fourth-order valence-electron chi connectivity index (χ4n) is 4.79. The van der Waals surface area contributed by atoms with Gasteiger partial charge in [-0.3, -0.25) is 9.52 Å². The minimum atomic E-state index is -3.89. The molecule has 0 aromatic heterocycles. The van der Waals surface area contributed by atoms with Crippen molar-refractivity contribution in [1.82, 2.24) is 0 Å². The van der Waals surface area contributed by atoms with Gasteiger partial charge in [0.05, 0.1) is 28.4 Å². The standard InChI is InChI=1S/C27H38FN3O4S/c1-18(15-25(2,3)4)16-27(17-24(32)35-26(5,6)7)29-22-13-10-20(14-23(22)30-27)31-36(33,34)21-11-8-19(28)9-12-21/h8-14,18,29-31H,15-17H2,1-7H3. The summed E-state index contributed by atoms with van der Waals surface area (Å²) in [5.74, 6) is -0.544. The molecule has 36 heavy (non-hydrogen) atoms. The molecular weight excluding hydrogens is 481 g/mol. The molecule has 0 amide bonds. The van der Waals surface area contributed by atoms with Crippen molar-refractivity contribution < 1.29 is 22.3 Å². The summed E-state index contributed by atoms with van der Waals surface area (Å²) in [6.07, 6.45) is 1.73. The molecule has 198 valence electrons. The first-order chi connectivity index (χ1) is 16.5. The molecule has 1 heterocycles. The van der Waals surface area contributed by atoms with Gasteiger partial charge in [0.15, 0.2) is 0 Å². The number of carbonyl (C=O) groups excluding carboxylic acids is 1. The van der Waals surface area contributed by atoms with Gasteiger partial charge in [-0.2, -0.15) is 0 Å². The second-order valence-corrected chi connectivity index (χ2v) is 13.7. The number of anilines is 3. The highest BCUT2D eigenvalue weighted by atomic mass is 32.2. The smallest absolute Gasteiger partial charge is 0.310 e. The van der Waals surface area contributed by atoms with Crippen molar-refractivity contribution in [3.63, 3.8) is 0 Å². The van der Waals surface area contributed by atoms with Crippen molar-refractivity contribution >= 4 is 33.1 Å². The molecular formula is C27H38FN3O4S. The average Bonchev–Trinajstić information content (AvgIpc) is 3.01. The van der Waals surface area contributed by atoms with E-state index in [0.29, 0.717) is 17.8 Å². The second-order valence-electron chi connectivity index (χ2n) is 12.0. The molecule has 3 rings (SSSR count). The summed E-state index contributed by atoms with van der Waals surface area (Å²) in [5.41, 5.74) is 0.551. The Hall–Kier alpha value is -2.81. The Morgan fingerprint density at radius 1 is 1.03 bits per heavy atom. The summed E-state index contributed by atoms with van der Waals surface area (Å²) in [6, 6.07) is 9.75. The van der Waals surface area contributed by atoms with E-state index >= 15 is 0 Å². The number of hydrogen-bond donors (Lipinski definition) is 3. The van der Waals surface area contributed by atoms with Crippen molar-refractivity contribution in [2.75, 3.05) is 15.4 Å².